The first-order valence-electron chi connectivity index (χ1n) is 26.6. The van der Waals surface area contributed by atoms with Gasteiger partial charge in [-0.3, -0.25) is 19.2 Å². The van der Waals surface area contributed by atoms with Gasteiger partial charge in [-0.2, -0.15) is 4.58 Å². The average molecular weight is 1100 g/mol. The Kier molecular flexibility index (Phi) is 19.1. The molecule has 17 nitrogen and oxygen atoms in total. The number of carboxylic acids is 2. The number of para-hydroxylation sites is 1. The second-order valence-electron chi connectivity index (χ2n) is 22.8. The Morgan fingerprint density at radius 1 is 0.805 bits per heavy atom. The highest BCUT2D eigenvalue weighted by molar-refractivity contribution is 7.90. The fourth-order valence-electron chi connectivity index (χ4n) is 11.2. The van der Waals surface area contributed by atoms with Crippen molar-refractivity contribution in [1.29, 1.82) is 0 Å². The number of hydrogen-bond donors (Lipinski definition) is 4. The van der Waals surface area contributed by atoms with Crippen molar-refractivity contribution >= 4 is 66.4 Å². The molecule has 5 aliphatic heterocycles. The minimum Gasteiger partial charge on any atom is -0.481 e. The van der Waals surface area contributed by atoms with E-state index in [9.17, 15) is 26.4 Å². The van der Waals surface area contributed by atoms with Crippen LogP contribution in [-0.4, -0.2) is 173 Å². The fraction of sp³-hybridized carbons (Fsp3) is 0.500. The van der Waals surface area contributed by atoms with Crippen molar-refractivity contribution in [2.24, 2.45) is 0 Å². The van der Waals surface area contributed by atoms with Crippen molar-refractivity contribution in [3.63, 3.8) is 0 Å². The second-order valence-corrected chi connectivity index (χ2v) is 27.1. The Morgan fingerprint density at radius 3 is 2.05 bits per heavy atom. The molecule has 77 heavy (non-hydrogen) atoms. The molecule has 418 valence electrons. The molecule has 19 heteroatoms. The van der Waals surface area contributed by atoms with E-state index in [4.69, 9.17) is 19.8 Å². The highest BCUT2D eigenvalue weighted by Gasteiger charge is 2.47. The second kappa shape index (κ2) is 24.4. The molecule has 9 rings (SSSR count). The number of carboxylic acid groups (broad SMARTS) is 2. The van der Waals surface area contributed by atoms with Gasteiger partial charge in [-0.1, -0.05) is 50.3 Å². The fourth-order valence-corrected chi connectivity index (χ4v) is 13.1. The summed E-state index contributed by atoms with van der Waals surface area (Å²) < 4.78 is 57.8. The number of likely N-dealkylation sites (N-methyl/N-ethyl adjacent to an activating group) is 1. The third-order valence-electron chi connectivity index (χ3n) is 15.9. The van der Waals surface area contributed by atoms with Gasteiger partial charge in [-0.05, 0) is 98.2 Å². The smallest absolute Gasteiger partial charge is 0.300 e. The Hall–Kier alpha value is -5.99. The Balaban J connectivity index is 0.00000112. The van der Waals surface area contributed by atoms with Gasteiger partial charge >= 0.3 is 0 Å². The average Bonchev–Trinajstić information content (AvgIpc) is 4.06. The van der Waals surface area contributed by atoms with Crippen molar-refractivity contribution in [3.05, 3.63) is 118 Å². The monoisotopic (exact) mass is 1100 g/mol. The number of rotatable bonds is 18. The molecule has 2 amide bonds. The zero-order valence-electron chi connectivity index (χ0n) is 46.8. The lowest BCUT2D eigenvalue weighted by molar-refractivity contribution is -1.07. The number of carbonyl (C=O) groups excluding carboxylic acids is 2. The molecule has 3 fully saturated rings. The molecule has 0 spiro atoms. The molecule has 2 bridgehead atoms. The Bertz CT molecular complexity index is 3040. The lowest BCUT2D eigenvalue weighted by Gasteiger charge is -2.54. The van der Waals surface area contributed by atoms with Crippen LogP contribution < -0.4 is 15.5 Å². The van der Waals surface area contributed by atoms with E-state index >= 15 is 0 Å². The third kappa shape index (κ3) is 15.2. The minimum atomic E-state index is -3.87. The molecule has 1 aliphatic carbocycles. The van der Waals surface area contributed by atoms with Crippen LogP contribution in [0.25, 0.3) is 0 Å². The largest absolute Gasteiger partial charge is 0.481 e. The molecule has 0 unspecified atom stereocenters. The maximum atomic E-state index is 13.9. The number of anilines is 2. The number of benzene rings is 3. The van der Waals surface area contributed by atoms with Crippen LogP contribution in [0.1, 0.15) is 90.3 Å². The molecule has 0 radical (unpaired) electrons. The van der Waals surface area contributed by atoms with Crippen LogP contribution in [0.5, 0.6) is 0 Å². The van der Waals surface area contributed by atoms with E-state index in [0.717, 1.165) is 62.3 Å². The standard InChI is InChI=1S/C54H72N7O6S2.2C2H4O2/c1-53(2)45-13-9-10-14-48(45)59(26-12-34-68(8,64)65)50(53)37-42-17-16-41(35-42)36-49-54(3,4)46-38-44(22-23-47(46)58(49)6)69(66,67)57(5)25-11-15-51(62)55-39-52(63)56-43-20-18-40(19-21-43)24-27-61-31-28-60(7,29-32-61)30-33-61;2*1-2(3)4/h9-10,13-14,18-23,35-38H,11-12,15-17,24-34,39H2,1-8H3;2*1H3,(H,3,4)/q+1;;/p+2. The number of amides is 2. The highest BCUT2D eigenvalue weighted by atomic mass is 32.2. The molecule has 0 atom stereocenters. The number of hydrogen-bond acceptors (Lipinski definition) is 9. The predicted molar refractivity (Wildman–Crippen MR) is 303 cm³/mol. The van der Waals surface area contributed by atoms with Gasteiger partial charge in [0.2, 0.25) is 27.5 Å². The third-order valence-corrected chi connectivity index (χ3v) is 18.8. The summed E-state index contributed by atoms with van der Waals surface area (Å²) in [4.78, 5) is 45.9. The summed E-state index contributed by atoms with van der Waals surface area (Å²) in [5.74, 6) is -2.15. The van der Waals surface area contributed by atoms with Crippen LogP contribution in [0, 0.1) is 0 Å². The van der Waals surface area contributed by atoms with Crippen molar-refractivity contribution < 1.29 is 59.8 Å². The maximum Gasteiger partial charge on any atom is 0.300 e. The number of quaternary nitrogens is 2. The number of sulfone groups is 1. The van der Waals surface area contributed by atoms with Crippen molar-refractivity contribution in [1.82, 2.24) is 9.62 Å². The van der Waals surface area contributed by atoms with E-state index in [0.29, 0.717) is 25.1 Å². The topological polar surface area (TPSA) is 211 Å². The Morgan fingerprint density at radius 2 is 1.43 bits per heavy atom. The lowest BCUT2D eigenvalue weighted by Crippen LogP contribution is -2.73. The van der Waals surface area contributed by atoms with Crippen molar-refractivity contribution in [2.75, 3.05) is 109 Å². The van der Waals surface area contributed by atoms with Crippen molar-refractivity contribution in [2.45, 2.75) is 95.8 Å². The van der Waals surface area contributed by atoms with Gasteiger partial charge in [-0.25, -0.2) is 21.1 Å². The number of fused-ring (bicyclic) bond motifs is 5. The van der Waals surface area contributed by atoms with Gasteiger partial charge < -0.3 is 34.7 Å². The van der Waals surface area contributed by atoms with Crippen LogP contribution in [0.2, 0.25) is 0 Å². The molecule has 0 saturated carbocycles. The summed E-state index contributed by atoms with van der Waals surface area (Å²) in [5.41, 5.74) is 10.1. The lowest BCUT2D eigenvalue weighted by atomic mass is 9.81. The molecule has 3 aromatic carbocycles. The van der Waals surface area contributed by atoms with Crippen LogP contribution in [0.4, 0.5) is 17.1 Å². The molecule has 3 aromatic rings. The number of allylic oxidation sites excluding steroid dienone is 6. The Labute approximate surface area is 456 Å². The summed E-state index contributed by atoms with van der Waals surface area (Å²) in [6.07, 6.45) is 11.8. The summed E-state index contributed by atoms with van der Waals surface area (Å²) >= 11 is 0. The van der Waals surface area contributed by atoms with Crippen molar-refractivity contribution in [3.8, 4) is 0 Å². The van der Waals surface area contributed by atoms with Gasteiger partial charge in [-0.15, -0.1) is 0 Å². The van der Waals surface area contributed by atoms with Gasteiger partial charge in [0, 0.05) is 93.3 Å². The van der Waals surface area contributed by atoms with E-state index in [2.05, 4.69) is 103 Å². The summed E-state index contributed by atoms with van der Waals surface area (Å²) in [6.45, 7) is 20.2. The number of nitrogens with zero attached hydrogens (tertiary/aromatic N) is 5. The highest BCUT2D eigenvalue weighted by Crippen LogP contribution is 2.49. The van der Waals surface area contributed by atoms with E-state index in [1.807, 2.05) is 31.3 Å². The van der Waals surface area contributed by atoms with E-state index in [1.54, 1.807) is 12.1 Å². The molecule has 0 aromatic heterocycles. The number of carbonyl (C=O) groups is 4. The first kappa shape index (κ1) is 60.2. The van der Waals surface area contributed by atoms with E-state index < -0.39 is 37.2 Å². The molecule has 5 heterocycles. The molecule has 6 aliphatic rings. The molecule has 3 saturated heterocycles. The first-order valence-corrected chi connectivity index (χ1v) is 30.1. The predicted octanol–water partition coefficient (Wildman–Crippen LogP) is 6.63. The summed E-state index contributed by atoms with van der Waals surface area (Å²) in [5, 5.41) is 20.4. The van der Waals surface area contributed by atoms with Gasteiger partial charge in [0.25, 0.3) is 11.9 Å². The zero-order valence-corrected chi connectivity index (χ0v) is 48.4. The summed E-state index contributed by atoms with van der Waals surface area (Å²) in [7, 11) is -0.993. The number of piperazine rings is 3. The zero-order chi connectivity index (χ0) is 56.7. The molecular weight excluding hydrogens is 1020 g/mol. The van der Waals surface area contributed by atoms with E-state index in [-0.39, 0.29) is 47.4 Å². The summed E-state index contributed by atoms with van der Waals surface area (Å²) in [6, 6.07) is 21.7. The van der Waals surface area contributed by atoms with Gasteiger partial charge in [0.1, 0.15) is 56.2 Å². The number of nitrogens with one attached hydrogen (secondary N) is 2. The quantitative estimate of drug-likeness (QED) is 0.0785. The number of aliphatic carboxylic acids is 2. The number of sulfonamides is 1. The van der Waals surface area contributed by atoms with Crippen LogP contribution in [0.3, 0.4) is 0 Å². The van der Waals surface area contributed by atoms with Crippen LogP contribution in [0.15, 0.2) is 107 Å². The normalized spacial score (nSPS) is 21.9. The maximum absolute atomic E-state index is 13.9. The molecule has 4 N–H and O–H groups in total. The first-order chi connectivity index (χ1) is 35.9. The van der Waals surface area contributed by atoms with Gasteiger partial charge in [0.05, 0.1) is 36.2 Å². The SMILES string of the molecule is CC(=O)O.CC(=O)O.CN(CCCC(=O)NCC(=O)Nc1ccc(CC[N+]23CC[N+](C)(CC2)CC3)cc1)S(=O)(=O)c1ccc2c(c1)C(C)(C)C(/C=C1C=C(/C=C3/N(CCCS(C)(=O)=O)c4ccccc4C3(C)C)CC/1)=[N+]2C. The van der Waals surface area contributed by atoms with Crippen LogP contribution in [-0.2, 0) is 56.3 Å². The molecular formula is C58H82N7O10S2+3. The van der Waals surface area contributed by atoms with Crippen LogP contribution >= 0.6 is 0 Å². The van der Waals surface area contributed by atoms with E-state index in [1.165, 1.54) is 93.8 Å². The minimum absolute atomic E-state index is 0.0808. The van der Waals surface area contributed by atoms with Gasteiger partial charge in [0.15, 0.2) is 5.71 Å².